The second-order valence-corrected chi connectivity index (χ2v) is 6.56. The van der Waals surface area contributed by atoms with E-state index in [0.29, 0.717) is 25.1 Å². The van der Waals surface area contributed by atoms with Crippen molar-refractivity contribution >= 4 is 17.7 Å². The number of nitrogens with zero attached hydrogens (tertiary/aromatic N) is 3. The maximum atomic E-state index is 13.1. The number of carbonyl (C=O) groups excluding carboxylic acids is 1. The molecule has 2 unspecified atom stereocenters. The van der Waals surface area contributed by atoms with Crippen molar-refractivity contribution in [1.29, 1.82) is 5.26 Å². The first kappa shape index (κ1) is 18.5. The predicted octanol–water partition coefficient (Wildman–Crippen LogP) is 3.74. The van der Waals surface area contributed by atoms with Crippen molar-refractivity contribution < 1.29 is 14.7 Å². The number of rotatable bonds is 4. The number of nitriles is 1. The van der Waals surface area contributed by atoms with Gasteiger partial charge in [0, 0.05) is 12.2 Å². The van der Waals surface area contributed by atoms with Crippen LogP contribution in [-0.2, 0) is 4.79 Å². The van der Waals surface area contributed by atoms with Crippen molar-refractivity contribution in [3.05, 3.63) is 54.6 Å². The van der Waals surface area contributed by atoms with Crippen LogP contribution in [0.25, 0.3) is 11.1 Å². The number of benzene rings is 2. The molecule has 2 atom stereocenters. The molecule has 2 amide bonds. The Morgan fingerprint density at radius 3 is 2.37 bits per heavy atom. The van der Waals surface area contributed by atoms with Gasteiger partial charge < -0.3 is 5.11 Å². The first-order valence-corrected chi connectivity index (χ1v) is 8.90. The summed E-state index contributed by atoms with van der Waals surface area (Å²) >= 11 is 0. The van der Waals surface area contributed by atoms with Gasteiger partial charge in [0.15, 0.2) is 0 Å². The Balaban J connectivity index is 1.90. The standard InChI is InChI=1S/C21H21N3O3/c1-15(14-22)24(20(25)19-8-5-13-23(19)21(26)27)18-11-9-17(10-12-18)16-6-3-2-4-7-16/h2-4,6-7,9-12,15,19H,5,8,13H2,1H3,(H,26,27). The zero-order valence-electron chi connectivity index (χ0n) is 15.1. The summed E-state index contributed by atoms with van der Waals surface area (Å²) in [7, 11) is 0. The molecule has 3 rings (SSSR count). The van der Waals surface area contributed by atoms with Gasteiger partial charge >= 0.3 is 6.09 Å². The van der Waals surface area contributed by atoms with Gasteiger partial charge in [-0.05, 0) is 43.0 Å². The summed E-state index contributed by atoms with van der Waals surface area (Å²) in [6.45, 7) is 1.98. The third-order valence-corrected chi connectivity index (χ3v) is 4.85. The maximum Gasteiger partial charge on any atom is 0.407 e. The molecule has 1 heterocycles. The van der Waals surface area contributed by atoms with Gasteiger partial charge in [-0.3, -0.25) is 14.6 Å². The molecule has 1 N–H and O–H groups in total. The molecular formula is C21H21N3O3. The van der Waals surface area contributed by atoms with Gasteiger partial charge in [-0.25, -0.2) is 4.79 Å². The van der Waals surface area contributed by atoms with E-state index in [-0.39, 0.29) is 5.91 Å². The molecule has 6 heteroatoms. The molecule has 1 saturated heterocycles. The third-order valence-electron chi connectivity index (χ3n) is 4.85. The topological polar surface area (TPSA) is 84.6 Å². The number of amides is 2. The predicted molar refractivity (Wildman–Crippen MR) is 102 cm³/mol. The van der Waals surface area contributed by atoms with Crippen molar-refractivity contribution in [3.8, 4) is 17.2 Å². The number of anilines is 1. The lowest BCUT2D eigenvalue weighted by atomic mass is 10.0. The highest BCUT2D eigenvalue weighted by atomic mass is 16.4. The fraction of sp³-hybridized carbons (Fsp3) is 0.286. The minimum Gasteiger partial charge on any atom is -0.465 e. The van der Waals surface area contributed by atoms with Crippen LogP contribution in [0.1, 0.15) is 19.8 Å². The Kier molecular flexibility index (Phi) is 5.41. The smallest absolute Gasteiger partial charge is 0.407 e. The van der Waals surface area contributed by atoms with Crippen LogP contribution in [-0.4, -0.2) is 40.6 Å². The fourth-order valence-corrected chi connectivity index (χ4v) is 3.46. The summed E-state index contributed by atoms with van der Waals surface area (Å²) in [4.78, 5) is 27.1. The van der Waals surface area contributed by atoms with Crippen LogP contribution in [0.2, 0.25) is 0 Å². The Morgan fingerprint density at radius 1 is 1.15 bits per heavy atom. The molecule has 0 aromatic heterocycles. The molecule has 1 aliphatic heterocycles. The van der Waals surface area contributed by atoms with Gasteiger partial charge in [0.1, 0.15) is 12.1 Å². The van der Waals surface area contributed by atoms with Crippen molar-refractivity contribution in [2.75, 3.05) is 11.4 Å². The lowest BCUT2D eigenvalue weighted by Crippen LogP contribution is -2.50. The van der Waals surface area contributed by atoms with Crippen molar-refractivity contribution in [1.82, 2.24) is 4.90 Å². The molecule has 0 spiro atoms. The zero-order chi connectivity index (χ0) is 19.4. The van der Waals surface area contributed by atoms with E-state index in [9.17, 15) is 20.0 Å². The third kappa shape index (κ3) is 3.77. The van der Waals surface area contributed by atoms with Crippen LogP contribution in [0.15, 0.2) is 54.6 Å². The SMILES string of the molecule is CC(C#N)N(C(=O)C1CCCN1C(=O)O)c1ccc(-c2ccccc2)cc1. The summed E-state index contributed by atoms with van der Waals surface area (Å²) in [5.74, 6) is -0.351. The molecule has 0 aliphatic carbocycles. The number of hydrogen-bond donors (Lipinski definition) is 1. The summed E-state index contributed by atoms with van der Waals surface area (Å²) in [5, 5.41) is 18.7. The molecule has 1 fully saturated rings. The molecular weight excluding hydrogens is 342 g/mol. The molecule has 0 radical (unpaired) electrons. The van der Waals surface area contributed by atoms with E-state index in [2.05, 4.69) is 6.07 Å². The van der Waals surface area contributed by atoms with Crippen molar-refractivity contribution in [2.24, 2.45) is 0 Å². The van der Waals surface area contributed by atoms with Crippen LogP contribution in [0.5, 0.6) is 0 Å². The average Bonchev–Trinajstić information content (AvgIpc) is 3.19. The van der Waals surface area contributed by atoms with Crippen LogP contribution in [0.4, 0.5) is 10.5 Å². The van der Waals surface area contributed by atoms with E-state index in [1.54, 1.807) is 19.1 Å². The second kappa shape index (κ2) is 7.92. The van der Waals surface area contributed by atoms with Gasteiger partial charge in [-0.15, -0.1) is 0 Å². The van der Waals surface area contributed by atoms with Gasteiger partial charge in [-0.1, -0.05) is 42.5 Å². The fourth-order valence-electron chi connectivity index (χ4n) is 3.46. The van der Waals surface area contributed by atoms with E-state index in [1.165, 1.54) is 4.90 Å². The summed E-state index contributed by atoms with van der Waals surface area (Å²) in [6, 6.07) is 17.9. The molecule has 1 aliphatic rings. The summed E-state index contributed by atoms with van der Waals surface area (Å²) < 4.78 is 0. The zero-order valence-corrected chi connectivity index (χ0v) is 15.1. The number of likely N-dealkylation sites (tertiary alicyclic amines) is 1. The highest BCUT2D eigenvalue weighted by Crippen LogP contribution is 2.27. The van der Waals surface area contributed by atoms with Gasteiger partial charge in [0.25, 0.3) is 5.91 Å². The first-order valence-electron chi connectivity index (χ1n) is 8.90. The van der Waals surface area contributed by atoms with Crippen LogP contribution in [0.3, 0.4) is 0 Å². The maximum absolute atomic E-state index is 13.1. The van der Waals surface area contributed by atoms with E-state index >= 15 is 0 Å². The van der Waals surface area contributed by atoms with Crippen LogP contribution < -0.4 is 4.90 Å². The normalized spacial score (nSPS) is 17.2. The molecule has 0 bridgehead atoms. The first-order chi connectivity index (χ1) is 13.0. The molecule has 2 aromatic carbocycles. The minimum atomic E-state index is -1.10. The quantitative estimate of drug-likeness (QED) is 0.897. The van der Waals surface area contributed by atoms with Crippen LogP contribution >= 0.6 is 0 Å². The van der Waals surface area contributed by atoms with Crippen molar-refractivity contribution in [2.45, 2.75) is 31.8 Å². The van der Waals surface area contributed by atoms with E-state index in [0.717, 1.165) is 16.0 Å². The lowest BCUT2D eigenvalue weighted by molar-refractivity contribution is -0.122. The highest BCUT2D eigenvalue weighted by Gasteiger charge is 2.38. The Morgan fingerprint density at radius 2 is 1.78 bits per heavy atom. The Labute approximate surface area is 158 Å². The van der Waals surface area contributed by atoms with E-state index in [1.807, 2.05) is 42.5 Å². The molecule has 0 saturated carbocycles. The van der Waals surface area contributed by atoms with Gasteiger partial charge in [0.05, 0.1) is 6.07 Å². The van der Waals surface area contributed by atoms with Crippen LogP contribution in [0, 0.1) is 11.3 Å². The summed E-state index contributed by atoms with van der Waals surface area (Å²) in [6.07, 6.45) is 0.0154. The van der Waals surface area contributed by atoms with E-state index < -0.39 is 18.2 Å². The van der Waals surface area contributed by atoms with Gasteiger partial charge in [0.2, 0.25) is 0 Å². The monoisotopic (exact) mass is 363 g/mol. The largest absolute Gasteiger partial charge is 0.465 e. The Bertz CT molecular complexity index is 858. The molecule has 27 heavy (non-hydrogen) atoms. The molecule has 2 aromatic rings. The minimum absolute atomic E-state index is 0.341. The van der Waals surface area contributed by atoms with E-state index in [4.69, 9.17) is 0 Å². The summed E-state index contributed by atoms with van der Waals surface area (Å²) in [5.41, 5.74) is 2.65. The average molecular weight is 363 g/mol. The Hall–Kier alpha value is -3.33. The van der Waals surface area contributed by atoms with Crippen molar-refractivity contribution in [3.63, 3.8) is 0 Å². The second-order valence-electron chi connectivity index (χ2n) is 6.56. The number of carbonyl (C=O) groups is 2. The number of carboxylic acid groups (broad SMARTS) is 1. The van der Waals surface area contributed by atoms with Gasteiger partial charge in [-0.2, -0.15) is 5.26 Å². The highest BCUT2D eigenvalue weighted by molar-refractivity contribution is 6.00. The molecule has 138 valence electrons. The number of hydrogen-bond acceptors (Lipinski definition) is 3. The lowest BCUT2D eigenvalue weighted by Gasteiger charge is -2.30. The molecule has 6 nitrogen and oxygen atoms in total.